The van der Waals surface area contributed by atoms with Gasteiger partial charge in [-0.2, -0.15) is 13.2 Å². The van der Waals surface area contributed by atoms with E-state index in [1.165, 1.54) is 24.3 Å². The lowest BCUT2D eigenvalue weighted by molar-refractivity contribution is -0.137. The van der Waals surface area contributed by atoms with Gasteiger partial charge in [-0.05, 0) is 36.4 Å². The SMILES string of the molecule is O=C(Nc1ccc(C(F)(F)F)cn1)Oc1ccc(Cl)cc1. The van der Waals surface area contributed by atoms with Crippen LogP contribution in [0.5, 0.6) is 5.75 Å². The van der Waals surface area contributed by atoms with Crippen molar-refractivity contribution in [2.45, 2.75) is 6.18 Å². The molecule has 110 valence electrons. The quantitative estimate of drug-likeness (QED) is 0.895. The molecule has 0 unspecified atom stereocenters. The van der Waals surface area contributed by atoms with Crippen LogP contribution in [0.4, 0.5) is 23.8 Å². The van der Waals surface area contributed by atoms with E-state index in [0.29, 0.717) is 11.2 Å². The van der Waals surface area contributed by atoms with Gasteiger partial charge in [-0.15, -0.1) is 0 Å². The molecule has 0 bridgehead atoms. The average Bonchev–Trinajstić information content (AvgIpc) is 2.41. The monoisotopic (exact) mass is 316 g/mol. The highest BCUT2D eigenvalue weighted by molar-refractivity contribution is 6.30. The van der Waals surface area contributed by atoms with E-state index in [4.69, 9.17) is 16.3 Å². The minimum Gasteiger partial charge on any atom is -0.410 e. The van der Waals surface area contributed by atoms with Gasteiger partial charge in [0.1, 0.15) is 11.6 Å². The summed E-state index contributed by atoms with van der Waals surface area (Å²) >= 11 is 5.67. The molecular formula is C13H8ClF3N2O2. The van der Waals surface area contributed by atoms with Crippen LogP contribution < -0.4 is 10.1 Å². The van der Waals surface area contributed by atoms with Gasteiger partial charge in [0.05, 0.1) is 5.56 Å². The zero-order valence-electron chi connectivity index (χ0n) is 10.3. The number of anilines is 1. The summed E-state index contributed by atoms with van der Waals surface area (Å²) in [7, 11) is 0. The molecule has 0 aliphatic rings. The van der Waals surface area contributed by atoms with Crippen molar-refractivity contribution in [2.75, 3.05) is 5.32 Å². The molecule has 0 saturated carbocycles. The number of aromatic nitrogens is 1. The Morgan fingerprint density at radius 1 is 1.14 bits per heavy atom. The first-order chi connectivity index (χ1) is 9.84. The fourth-order valence-corrected chi connectivity index (χ4v) is 1.50. The fraction of sp³-hybridized carbons (Fsp3) is 0.0769. The van der Waals surface area contributed by atoms with Gasteiger partial charge in [0, 0.05) is 11.2 Å². The number of pyridine rings is 1. The first-order valence-electron chi connectivity index (χ1n) is 5.62. The van der Waals surface area contributed by atoms with Crippen molar-refractivity contribution in [2.24, 2.45) is 0 Å². The standard InChI is InChI=1S/C13H8ClF3N2O2/c14-9-2-4-10(5-3-9)21-12(20)19-11-6-1-8(7-18-11)13(15,16)17/h1-7H,(H,18,19,20). The number of hydrogen-bond acceptors (Lipinski definition) is 3. The van der Waals surface area contributed by atoms with Crippen LogP contribution >= 0.6 is 11.6 Å². The Morgan fingerprint density at radius 3 is 2.33 bits per heavy atom. The number of nitrogens with zero attached hydrogens (tertiary/aromatic N) is 1. The Bertz CT molecular complexity index is 627. The molecule has 0 atom stereocenters. The summed E-state index contributed by atoms with van der Waals surface area (Å²) in [6.45, 7) is 0. The van der Waals surface area contributed by atoms with Crippen LogP contribution in [-0.4, -0.2) is 11.1 Å². The van der Waals surface area contributed by atoms with Crippen LogP contribution in [0.15, 0.2) is 42.6 Å². The second-order valence-electron chi connectivity index (χ2n) is 3.90. The van der Waals surface area contributed by atoms with Crippen molar-refractivity contribution in [1.29, 1.82) is 0 Å². The molecule has 0 fully saturated rings. The van der Waals surface area contributed by atoms with Gasteiger partial charge in [0.15, 0.2) is 0 Å². The van der Waals surface area contributed by atoms with Crippen LogP contribution in [0.3, 0.4) is 0 Å². The van der Waals surface area contributed by atoms with Crippen molar-refractivity contribution >= 4 is 23.5 Å². The van der Waals surface area contributed by atoms with Crippen LogP contribution in [0.25, 0.3) is 0 Å². The summed E-state index contributed by atoms with van der Waals surface area (Å²) < 4.78 is 41.9. The lowest BCUT2D eigenvalue weighted by atomic mass is 10.3. The number of amides is 1. The topological polar surface area (TPSA) is 51.2 Å². The highest BCUT2D eigenvalue weighted by atomic mass is 35.5. The molecule has 21 heavy (non-hydrogen) atoms. The molecule has 1 amide bonds. The molecule has 0 aliphatic carbocycles. The molecule has 2 aromatic rings. The fourth-order valence-electron chi connectivity index (χ4n) is 1.38. The Balaban J connectivity index is 1.98. The second-order valence-corrected chi connectivity index (χ2v) is 4.33. The maximum absolute atomic E-state index is 12.3. The number of ether oxygens (including phenoxy) is 1. The summed E-state index contributed by atoms with van der Waals surface area (Å²) in [4.78, 5) is 15.0. The van der Waals surface area contributed by atoms with Crippen molar-refractivity contribution in [3.8, 4) is 5.75 Å². The molecule has 4 nitrogen and oxygen atoms in total. The van der Waals surface area contributed by atoms with Crippen LogP contribution in [-0.2, 0) is 6.18 Å². The molecule has 1 N–H and O–H groups in total. The number of hydrogen-bond donors (Lipinski definition) is 1. The maximum atomic E-state index is 12.3. The van der Waals surface area contributed by atoms with Crippen LogP contribution in [0.2, 0.25) is 5.02 Å². The van der Waals surface area contributed by atoms with Gasteiger partial charge < -0.3 is 4.74 Å². The first-order valence-corrected chi connectivity index (χ1v) is 6.00. The van der Waals surface area contributed by atoms with E-state index in [9.17, 15) is 18.0 Å². The van der Waals surface area contributed by atoms with Crippen molar-refractivity contribution in [3.05, 3.63) is 53.2 Å². The molecule has 0 saturated heterocycles. The minimum absolute atomic E-state index is 0.0537. The zero-order valence-corrected chi connectivity index (χ0v) is 11.1. The van der Waals surface area contributed by atoms with Crippen molar-refractivity contribution in [3.63, 3.8) is 0 Å². The molecule has 0 radical (unpaired) electrons. The number of rotatable bonds is 2. The highest BCUT2D eigenvalue weighted by Gasteiger charge is 2.30. The predicted molar refractivity (Wildman–Crippen MR) is 70.3 cm³/mol. The molecule has 1 heterocycles. The molecule has 2 rings (SSSR count). The minimum atomic E-state index is -4.48. The number of carbonyl (C=O) groups is 1. The largest absolute Gasteiger partial charge is 0.418 e. The van der Waals surface area contributed by atoms with Crippen LogP contribution in [0.1, 0.15) is 5.56 Å². The summed E-state index contributed by atoms with van der Waals surface area (Å²) in [6.07, 6.45) is -4.72. The van der Waals surface area contributed by atoms with Gasteiger partial charge >= 0.3 is 12.3 Å². The summed E-state index contributed by atoms with van der Waals surface area (Å²) in [5.74, 6) is 0.186. The Labute approximate surface area is 122 Å². The summed E-state index contributed by atoms with van der Waals surface area (Å²) in [5, 5.41) is 2.69. The van der Waals surface area contributed by atoms with E-state index in [-0.39, 0.29) is 11.6 Å². The second kappa shape index (κ2) is 6.01. The van der Waals surface area contributed by atoms with Crippen molar-refractivity contribution < 1.29 is 22.7 Å². The predicted octanol–water partition coefficient (Wildman–Crippen LogP) is 4.36. The Morgan fingerprint density at radius 2 is 1.81 bits per heavy atom. The normalized spacial score (nSPS) is 11.0. The molecule has 0 aliphatic heterocycles. The smallest absolute Gasteiger partial charge is 0.410 e. The van der Waals surface area contributed by atoms with Gasteiger partial charge in [0.25, 0.3) is 0 Å². The highest BCUT2D eigenvalue weighted by Crippen LogP contribution is 2.28. The molecular weight excluding hydrogens is 309 g/mol. The maximum Gasteiger partial charge on any atom is 0.418 e. The van der Waals surface area contributed by atoms with Gasteiger partial charge in [-0.1, -0.05) is 11.6 Å². The number of nitrogens with one attached hydrogen (secondary N) is 1. The lowest BCUT2D eigenvalue weighted by Crippen LogP contribution is -2.17. The van der Waals surface area contributed by atoms with E-state index in [1.807, 2.05) is 0 Å². The van der Waals surface area contributed by atoms with Gasteiger partial charge in [-0.3, -0.25) is 5.32 Å². The molecule has 8 heteroatoms. The van der Waals surface area contributed by atoms with E-state index in [2.05, 4.69) is 10.3 Å². The van der Waals surface area contributed by atoms with E-state index >= 15 is 0 Å². The Kier molecular flexibility index (Phi) is 4.32. The van der Waals surface area contributed by atoms with Crippen molar-refractivity contribution in [1.82, 2.24) is 4.98 Å². The Hall–Kier alpha value is -2.28. The van der Waals surface area contributed by atoms with E-state index in [0.717, 1.165) is 12.1 Å². The number of alkyl halides is 3. The zero-order chi connectivity index (χ0) is 15.5. The first kappa shape index (κ1) is 15.1. The summed E-state index contributed by atoms with van der Waals surface area (Å²) in [5.41, 5.74) is -0.904. The number of halogens is 4. The third kappa shape index (κ3) is 4.35. The third-order valence-corrected chi connectivity index (χ3v) is 2.60. The molecule has 0 spiro atoms. The number of benzene rings is 1. The average molecular weight is 317 g/mol. The van der Waals surface area contributed by atoms with E-state index < -0.39 is 17.8 Å². The van der Waals surface area contributed by atoms with Gasteiger partial charge in [-0.25, -0.2) is 9.78 Å². The van der Waals surface area contributed by atoms with E-state index in [1.54, 1.807) is 0 Å². The molecule has 1 aromatic carbocycles. The molecule has 1 aromatic heterocycles. The number of carbonyl (C=O) groups excluding carboxylic acids is 1. The van der Waals surface area contributed by atoms with Crippen LogP contribution in [0, 0.1) is 0 Å². The lowest BCUT2D eigenvalue weighted by Gasteiger charge is -2.08. The van der Waals surface area contributed by atoms with Gasteiger partial charge in [0.2, 0.25) is 0 Å². The third-order valence-electron chi connectivity index (χ3n) is 2.35. The summed E-state index contributed by atoms with van der Waals surface area (Å²) in [6, 6.07) is 7.85.